The van der Waals surface area contributed by atoms with Gasteiger partial charge >= 0.3 is 6.09 Å². The highest BCUT2D eigenvalue weighted by Crippen LogP contribution is 2.39. The molecule has 3 heterocycles. The first kappa shape index (κ1) is 17.9. The lowest BCUT2D eigenvalue weighted by atomic mass is 9.76. The van der Waals surface area contributed by atoms with Gasteiger partial charge in [-0.1, -0.05) is 0 Å². The van der Waals surface area contributed by atoms with Gasteiger partial charge in [0.05, 0.1) is 0 Å². The van der Waals surface area contributed by atoms with Crippen LogP contribution in [0.15, 0.2) is 18.3 Å². The van der Waals surface area contributed by atoms with E-state index in [1.54, 1.807) is 6.20 Å². The molecule has 0 spiro atoms. The minimum Gasteiger partial charge on any atom is -0.444 e. The van der Waals surface area contributed by atoms with Crippen molar-refractivity contribution in [1.29, 1.82) is 0 Å². The second-order valence-electron chi connectivity index (χ2n) is 8.38. The fourth-order valence-electron chi connectivity index (χ4n) is 4.09. The highest BCUT2D eigenvalue weighted by Gasteiger charge is 2.44. The smallest absolute Gasteiger partial charge is 0.410 e. The van der Waals surface area contributed by atoms with E-state index in [1.807, 2.05) is 44.7 Å². The van der Waals surface area contributed by atoms with Gasteiger partial charge in [0.1, 0.15) is 11.3 Å². The number of ether oxygens (including phenoxy) is 1. The predicted molar refractivity (Wildman–Crippen MR) is 95.5 cm³/mol. The fraction of sp³-hybridized carbons (Fsp3) is 0.650. The van der Waals surface area contributed by atoms with Crippen molar-refractivity contribution >= 4 is 11.9 Å². The molecule has 1 aromatic rings. The number of fused-ring (bicyclic) bond motifs is 2. The third-order valence-corrected chi connectivity index (χ3v) is 5.12. The Morgan fingerprint density at radius 1 is 1.20 bits per heavy atom. The van der Waals surface area contributed by atoms with Crippen molar-refractivity contribution < 1.29 is 14.3 Å². The number of aromatic nitrogens is 1. The van der Waals surface area contributed by atoms with Crippen LogP contribution in [0, 0.1) is 12.8 Å². The molecule has 2 saturated heterocycles. The normalized spacial score (nSPS) is 26.2. The molecule has 1 amide bonds. The second-order valence-corrected chi connectivity index (χ2v) is 8.38. The van der Waals surface area contributed by atoms with E-state index in [0.29, 0.717) is 18.5 Å². The SMILES string of the molecule is Cc1ccnc(C(=O)C2CC3CCCC(C2)N3C(=O)OC(C)(C)C)c1. The van der Waals surface area contributed by atoms with E-state index in [1.165, 1.54) is 0 Å². The highest BCUT2D eigenvalue weighted by atomic mass is 16.6. The molecule has 25 heavy (non-hydrogen) atoms. The van der Waals surface area contributed by atoms with Crippen LogP contribution in [0.25, 0.3) is 0 Å². The molecule has 0 radical (unpaired) electrons. The van der Waals surface area contributed by atoms with Gasteiger partial charge in [0.2, 0.25) is 0 Å². The van der Waals surface area contributed by atoms with E-state index in [2.05, 4.69) is 4.98 Å². The van der Waals surface area contributed by atoms with E-state index in [-0.39, 0.29) is 29.9 Å². The number of rotatable bonds is 2. The Morgan fingerprint density at radius 3 is 2.40 bits per heavy atom. The Bertz CT molecular complexity index is 651. The Morgan fingerprint density at radius 2 is 1.84 bits per heavy atom. The zero-order valence-corrected chi connectivity index (χ0v) is 15.6. The average Bonchev–Trinajstić information content (AvgIpc) is 2.51. The number of hydrogen-bond donors (Lipinski definition) is 0. The number of carbonyl (C=O) groups excluding carboxylic acids is 2. The molecule has 2 bridgehead atoms. The zero-order valence-electron chi connectivity index (χ0n) is 15.6. The standard InChI is InChI=1S/C20H28N2O3/c1-13-8-9-21-17(10-13)18(23)14-11-15-6-5-7-16(12-14)22(15)19(24)25-20(2,3)4/h8-10,14-16H,5-7,11-12H2,1-4H3. The lowest BCUT2D eigenvalue weighted by Crippen LogP contribution is -2.56. The summed E-state index contributed by atoms with van der Waals surface area (Å²) in [4.78, 5) is 31.7. The number of nitrogens with zero attached hydrogens (tertiary/aromatic N) is 2. The van der Waals surface area contributed by atoms with Crippen molar-refractivity contribution in [2.45, 2.75) is 77.5 Å². The van der Waals surface area contributed by atoms with Gasteiger partial charge in [-0.2, -0.15) is 0 Å². The maximum Gasteiger partial charge on any atom is 0.410 e. The molecule has 0 aromatic carbocycles. The van der Waals surface area contributed by atoms with Gasteiger partial charge in [-0.25, -0.2) is 4.79 Å². The molecule has 2 unspecified atom stereocenters. The Kier molecular flexibility index (Phi) is 4.85. The topological polar surface area (TPSA) is 59.5 Å². The summed E-state index contributed by atoms with van der Waals surface area (Å²) in [6.07, 6.45) is 5.88. The zero-order chi connectivity index (χ0) is 18.2. The Labute approximate surface area is 149 Å². The molecule has 3 rings (SSSR count). The highest BCUT2D eigenvalue weighted by molar-refractivity contribution is 5.96. The summed E-state index contributed by atoms with van der Waals surface area (Å²) < 4.78 is 5.60. The summed E-state index contributed by atoms with van der Waals surface area (Å²) in [5.41, 5.74) is 1.10. The minimum absolute atomic E-state index is 0.0525. The number of hydrogen-bond acceptors (Lipinski definition) is 4. The molecule has 136 valence electrons. The Balaban J connectivity index is 1.75. The first-order valence-electron chi connectivity index (χ1n) is 9.23. The first-order chi connectivity index (χ1) is 11.7. The van der Waals surface area contributed by atoms with Gasteiger partial charge in [-0.05, 0) is 77.5 Å². The van der Waals surface area contributed by atoms with E-state index >= 15 is 0 Å². The summed E-state index contributed by atoms with van der Waals surface area (Å²) in [6, 6.07) is 3.96. The molecule has 0 aliphatic carbocycles. The number of pyridine rings is 1. The molecule has 2 aliphatic heterocycles. The van der Waals surface area contributed by atoms with E-state index < -0.39 is 5.60 Å². The quantitative estimate of drug-likeness (QED) is 0.757. The lowest BCUT2D eigenvalue weighted by Gasteiger charge is -2.48. The van der Waals surface area contributed by atoms with Crippen molar-refractivity contribution in [2.24, 2.45) is 5.92 Å². The lowest BCUT2D eigenvalue weighted by molar-refractivity contribution is -0.0261. The van der Waals surface area contributed by atoms with Crippen molar-refractivity contribution in [3.63, 3.8) is 0 Å². The van der Waals surface area contributed by atoms with Crippen LogP contribution >= 0.6 is 0 Å². The molecule has 0 N–H and O–H groups in total. The summed E-state index contributed by atoms with van der Waals surface area (Å²) >= 11 is 0. The monoisotopic (exact) mass is 344 g/mol. The number of aryl methyl sites for hydroxylation is 1. The van der Waals surface area contributed by atoms with Gasteiger partial charge in [-0.3, -0.25) is 9.78 Å². The van der Waals surface area contributed by atoms with E-state index in [4.69, 9.17) is 4.74 Å². The average molecular weight is 344 g/mol. The van der Waals surface area contributed by atoms with E-state index in [9.17, 15) is 9.59 Å². The third kappa shape index (κ3) is 4.02. The molecule has 1 aromatic heterocycles. The largest absolute Gasteiger partial charge is 0.444 e. The molecule has 0 saturated carbocycles. The van der Waals surface area contributed by atoms with Gasteiger partial charge in [0, 0.05) is 24.2 Å². The summed E-state index contributed by atoms with van der Waals surface area (Å²) in [6.45, 7) is 7.64. The van der Waals surface area contributed by atoms with Crippen LogP contribution in [0.3, 0.4) is 0 Å². The van der Waals surface area contributed by atoms with Crippen LogP contribution in [-0.4, -0.2) is 39.4 Å². The second kappa shape index (κ2) is 6.77. The maximum absolute atomic E-state index is 12.9. The fourth-order valence-corrected chi connectivity index (χ4v) is 4.09. The number of ketones is 1. The van der Waals surface area contributed by atoms with Crippen LogP contribution in [0.2, 0.25) is 0 Å². The number of Topliss-reactive ketones (excluding diaryl/α,β-unsaturated/α-hetero) is 1. The van der Waals surface area contributed by atoms with Gasteiger partial charge < -0.3 is 9.64 Å². The molecule has 2 fully saturated rings. The summed E-state index contributed by atoms with van der Waals surface area (Å²) in [5, 5.41) is 0. The number of amides is 1. The van der Waals surface area contributed by atoms with Crippen LogP contribution in [0.4, 0.5) is 4.79 Å². The molecule has 2 aliphatic rings. The number of carbonyl (C=O) groups is 2. The summed E-state index contributed by atoms with van der Waals surface area (Å²) in [5.74, 6) is 0.0627. The van der Waals surface area contributed by atoms with Crippen LogP contribution in [0.1, 0.15) is 68.9 Å². The predicted octanol–water partition coefficient (Wildman–Crippen LogP) is 4.14. The summed E-state index contributed by atoms with van der Waals surface area (Å²) in [7, 11) is 0. The maximum atomic E-state index is 12.9. The molecular weight excluding hydrogens is 316 g/mol. The number of piperidine rings is 2. The molecule has 5 heteroatoms. The van der Waals surface area contributed by atoms with Crippen LogP contribution in [-0.2, 0) is 4.74 Å². The van der Waals surface area contributed by atoms with Crippen LogP contribution < -0.4 is 0 Å². The van der Waals surface area contributed by atoms with Crippen molar-refractivity contribution in [2.75, 3.05) is 0 Å². The Hall–Kier alpha value is -1.91. The van der Waals surface area contributed by atoms with Crippen LogP contribution in [0.5, 0.6) is 0 Å². The van der Waals surface area contributed by atoms with Gasteiger partial charge in [0.25, 0.3) is 0 Å². The molecular formula is C20H28N2O3. The van der Waals surface area contributed by atoms with Crippen molar-refractivity contribution in [3.8, 4) is 0 Å². The van der Waals surface area contributed by atoms with Gasteiger partial charge in [0.15, 0.2) is 5.78 Å². The third-order valence-electron chi connectivity index (χ3n) is 5.12. The van der Waals surface area contributed by atoms with Gasteiger partial charge in [-0.15, -0.1) is 0 Å². The first-order valence-corrected chi connectivity index (χ1v) is 9.23. The molecule has 2 atom stereocenters. The minimum atomic E-state index is -0.496. The van der Waals surface area contributed by atoms with Crippen molar-refractivity contribution in [3.05, 3.63) is 29.6 Å². The van der Waals surface area contributed by atoms with Crippen molar-refractivity contribution in [1.82, 2.24) is 9.88 Å². The van der Waals surface area contributed by atoms with E-state index in [0.717, 1.165) is 24.8 Å². The molecule has 5 nitrogen and oxygen atoms in total.